The molecule has 2 bridgehead atoms. The Labute approximate surface area is 160 Å². The number of hydrogen-bond donors (Lipinski definition) is 0. The van der Waals surface area contributed by atoms with Crippen LogP contribution in [0.2, 0.25) is 0 Å². The minimum atomic E-state index is -0.231. The number of likely N-dealkylation sites (N-methyl/N-ethyl adjacent to an activating group) is 1. The van der Waals surface area contributed by atoms with Gasteiger partial charge in [0.05, 0.1) is 11.6 Å². The first-order valence-electron chi connectivity index (χ1n) is 9.64. The average molecular weight is 375 g/mol. The number of carbonyl (C=O) groups is 3. The van der Waals surface area contributed by atoms with Crippen molar-refractivity contribution in [2.24, 2.45) is 13.0 Å². The van der Waals surface area contributed by atoms with Crippen LogP contribution in [-0.2, 0) is 23.1 Å². The summed E-state index contributed by atoms with van der Waals surface area (Å²) in [5.41, 5.74) is 1.47. The number of piperidine rings is 1. The van der Waals surface area contributed by atoms with Gasteiger partial charge in [0.15, 0.2) is 0 Å². The number of carbonyl (C=O) groups excluding carboxylic acids is 3. The summed E-state index contributed by atoms with van der Waals surface area (Å²) in [4.78, 5) is 43.0. The highest BCUT2D eigenvalue weighted by atomic mass is 16.2. The summed E-state index contributed by atoms with van der Waals surface area (Å²) in [5.74, 6) is -0.415. The van der Waals surface area contributed by atoms with E-state index in [4.69, 9.17) is 0 Å². The number of fused-ring (bicyclic) bond motifs is 4. The summed E-state index contributed by atoms with van der Waals surface area (Å²) < 4.78 is 1.63. The Balaban J connectivity index is 1.79. The van der Waals surface area contributed by atoms with E-state index in [-0.39, 0.29) is 36.2 Å². The van der Waals surface area contributed by atoms with Crippen molar-refractivity contribution in [1.82, 2.24) is 24.5 Å². The molecule has 4 rings (SSSR count). The monoisotopic (exact) mass is 375 g/mol. The lowest BCUT2D eigenvalue weighted by molar-refractivity contribution is -0.145. The first kappa shape index (κ1) is 19.4. The first-order chi connectivity index (χ1) is 12.8. The summed E-state index contributed by atoms with van der Waals surface area (Å²) in [6, 6.07) is 1.75. The molecule has 3 aliphatic rings. The summed E-state index contributed by atoms with van der Waals surface area (Å²) in [7, 11) is 5.16. The molecule has 0 radical (unpaired) electrons. The van der Waals surface area contributed by atoms with Gasteiger partial charge in [-0.1, -0.05) is 13.3 Å². The van der Waals surface area contributed by atoms with Crippen molar-refractivity contribution >= 4 is 17.7 Å². The Morgan fingerprint density at radius 3 is 2.67 bits per heavy atom. The summed E-state index contributed by atoms with van der Waals surface area (Å²) in [6.45, 7) is 3.05. The molecule has 0 unspecified atom stereocenters. The van der Waals surface area contributed by atoms with Gasteiger partial charge in [-0.25, -0.2) is 0 Å². The van der Waals surface area contributed by atoms with E-state index in [0.717, 1.165) is 31.4 Å². The van der Waals surface area contributed by atoms with Crippen LogP contribution in [0, 0.1) is 5.92 Å². The molecule has 148 valence electrons. The second-order valence-electron chi connectivity index (χ2n) is 7.79. The van der Waals surface area contributed by atoms with Gasteiger partial charge < -0.3 is 14.7 Å². The third-order valence-electron chi connectivity index (χ3n) is 5.54. The third kappa shape index (κ3) is 3.84. The van der Waals surface area contributed by atoms with E-state index in [1.165, 1.54) is 4.90 Å². The Morgan fingerprint density at radius 1 is 1.26 bits per heavy atom. The van der Waals surface area contributed by atoms with Gasteiger partial charge in [-0.15, -0.1) is 0 Å². The number of aryl methyl sites for hydroxylation is 2. The van der Waals surface area contributed by atoms with E-state index in [0.29, 0.717) is 18.8 Å². The molecule has 3 aliphatic heterocycles. The molecule has 0 saturated carbocycles. The normalized spacial score (nSPS) is 22.1. The highest BCUT2D eigenvalue weighted by Gasteiger charge is 2.43. The van der Waals surface area contributed by atoms with Crippen LogP contribution in [0.4, 0.5) is 0 Å². The van der Waals surface area contributed by atoms with Crippen molar-refractivity contribution < 1.29 is 14.4 Å². The van der Waals surface area contributed by atoms with Gasteiger partial charge in [0.25, 0.3) is 5.91 Å². The van der Waals surface area contributed by atoms with Gasteiger partial charge in [0, 0.05) is 40.3 Å². The van der Waals surface area contributed by atoms with Crippen molar-refractivity contribution in [3.05, 3.63) is 17.5 Å². The minimum absolute atomic E-state index is 0.00609. The van der Waals surface area contributed by atoms with Crippen molar-refractivity contribution in [2.45, 2.75) is 38.6 Å². The van der Waals surface area contributed by atoms with E-state index in [1.54, 1.807) is 35.6 Å². The lowest BCUT2D eigenvalue weighted by Gasteiger charge is -2.35. The molecule has 3 saturated heterocycles. The molecule has 3 amide bonds. The molecule has 2 atom stereocenters. The van der Waals surface area contributed by atoms with Crippen molar-refractivity contribution in [3.8, 4) is 0 Å². The predicted molar refractivity (Wildman–Crippen MR) is 100 cm³/mol. The van der Waals surface area contributed by atoms with E-state index >= 15 is 0 Å². The van der Waals surface area contributed by atoms with E-state index < -0.39 is 0 Å². The Bertz CT molecular complexity index is 742. The molecule has 0 spiro atoms. The molecule has 8 heteroatoms. The van der Waals surface area contributed by atoms with Gasteiger partial charge in [0.2, 0.25) is 11.8 Å². The van der Waals surface area contributed by atoms with Crippen molar-refractivity contribution in [2.75, 3.05) is 33.7 Å². The summed E-state index contributed by atoms with van der Waals surface area (Å²) >= 11 is 0. The van der Waals surface area contributed by atoms with Crippen LogP contribution in [0.1, 0.15) is 42.4 Å². The Morgan fingerprint density at radius 2 is 2.00 bits per heavy atom. The lowest BCUT2D eigenvalue weighted by atomic mass is 9.94. The van der Waals surface area contributed by atoms with Crippen LogP contribution in [0.3, 0.4) is 0 Å². The Kier molecular flexibility index (Phi) is 5.53. The average Bonchev–Trinajstić information content (AvgIpc) is 2.80. The molecule has 1 aromatic rings. The Hall–Kier alpha value is -2.38. The molecule has 3 fully saturated rings. The van der Waals surface area contributed by atoms with E-state index in [9.17, 15) is 14.4 Å². The SMILES string of the molecule is CCCc1cc(C(=O)N2C[C@@H]3CC[C@H](C2)N(CC(=O)N(C)C)C3=O)n(C)n1. The quantitative estimate of drug-likeness (QED) is 0.752. The molecule has 8 nitrogen and oxygen atoms in total. The highest BCUT2D eigenvalue weighted by Crippen LogP contribution is 2.30. The molecule has 0 N–H and O–H groups in total. The molecule has 0 aromatic carbocycles. The zero-order valence-electron chi connectivity index (χ0n) is 16.6. The van der Waals surface area contributed by atoms with Crippen LogP contribution >= 0.6 is 0 Å². The predicted octanol–water partition coefficient (Wildman–Crippen LogP) is 0.524. The van der Waals surface area contributed by atoms with E-state index in [2.05, 4.69) is 12.0 Å². The zero-order valence-corrected chi connectivity index (χ0v) is 16.6. The molecular formula is C19H29N5O3. The number of nitrogens with zero attached hydrogens (tertiary/aromatic N) is 5. The third-order valence-corrected chi connectivity index (χ3v) is 5.54. The first-order valence-corrected chi connectivity index (χ1v) is 9.64. The van der Waals surface area contributed by atoms with Crippen LogP contribution in [0.15, 0.2) is 6.07 Å². The lowest BCUT2D eigenvalue weighted by Crippen LogP contribution is -2.51. The number of rotatable bonds is 5. The topological polar surface area (TPSA) is 78.8 Å². The summed E-state index contributed by atoms with van der Waals surface area (Å²) in [5, 5.41) is 4.42. The number of aromatic nitrogens is 2. The molecule has 27 heavy (non-hydrogen) atoms. The fourth-order valence-corrected chi connectivity index (χ4v) is 3.97. The maximum Gasteiger partial charge on any atom is 0.272 e. The van der Waals surface area contributed by atoms with Crippen molar-refractivity contribution in [3.63, 3.8) is 0 Å². The molecular weight excluding hydrogens is 346 g/mol. The highest BCUT2D eigenvalue weighted by molar-refractivity contribution is 5.94. The fraction of sp³-hybridized carbons (Fsp3) is 0.684. The van der Waals surface area contributed by atoms with Gasteiger partial charge in [-0.05, 0) is 25.3 Å². The van der Waals surface area contributed by atoms with Gasteiger partial charge >= 0.3 is 0 Å². The maximum absolute atomic E-state index is 13.1. The van der Waals surface area contributed by atoms with Crippen LogP contribution in [0.25, 0.3) is 0 Å². The molecule has 4 heterocycles. The summed E-state index contributed by atoms with van der Waals surface area (Å²) in [6.07, 6.45) is 3.41. The number of amides is 3. The molecule has 0 aliphatic carbocycles. The van der Waals surface area contributed by atoms with Crippen LogP contribution < -0.4 is 0 Å². The van der Waals surface area contributed by atoms with Gasteiger partial charge in [-0.2, -0.15) is 5.10 Å². The zero-order chi connectivity index (χ0) is 19.7. The van der Waals surface area contributed by atoms with Crippen LogP contribution in [-0.4, -0.2) is 82.0 Å². The van der Waals surface area contributed by atoms with E-state index in [1.807, 2.05) is 6.07 Å². The minimum Gasteiger partial charge on any atom is -0.347 e. The molecule has 1 aromatic heterocycles. The van der Waals surface area contributed by atoms with Gasteiger partial charge in [0.1, 0.15) is 12.2 Å². The second kappa shape index (κ2) is 7.70. The van der Waals surface area contributed by atoms with Gasteiger partial charge in [-0.3, -0.25) is 19.1 Å². The fourth-order valence-electron chi connectivity index (χ4n) is 3.97. The largest absolute Gasteiger partial charge is 0.347 e. The second-order valence-corrected chi connectivity index (χ2v) is 7.79. The number of hydrogen-bond acceptors (Lipinski definition) is 4. The van der Waals surface area contributed by atoms with Crippen molar-refractivity contribution in [1.29, 1.82) is 0 Å². The smallest absolute Gasteiger partial charge is 0.272 e. The standard InChI is InChI=1S/C19H29N5O3/c1-5-6-14-9-16(22(4)20-14)19(27)23-10-13-7-8-15(11-23)24(18(13)26)12-17(25)21(2)3/h9,13,15H,5-8,10-12H2,1-4H3/t13-,15+/m0/s1. The van der Waals surface area contributed by atoms with Crippen LogP contribution in [0.5, 0.6) is 0 Å². The maximum atomic E-state index is 13.1.